The number of halogens is 1. The first-order chi connectivity index (χ1) is 12.1. The fourth-order valence-corrected chi connectivity index (χ4v) is 1.67. The van der Waals surface area contributed by atoms with E-state index >= 15 is 0 Å². The van der Waals surface area contributed by atoms with E-state index in [1.807, 2.05) is 60.7 Å². The maximum Gasteiger partial charge on any atom is 0.408 e. The Labute approximate surface area is 151 Å². The van der Waals surface area contributed by atoms with Crippen LogP contribution in [0.15, 0.2) is 60.7 Å². The number of carbonyl (C=O) groups is 2. The zero-order chi connectivity index (χ0) is 18.3. The molecule has 130 valence electrons. The van der Waals surface area contributed by atoms with Gasteiger partial charge in [-0.15, -0.1) is 6.42 Å². The third kappa shape index (κ3) is 10.4. The molecule has 0 bridgehead atoms. The van der Waals surface area contributed by atoms with Gasteiger partial charge in [0.1, 0.15) is 13.2 Å². The average Bonchev–Trinajstić information content (AvgIpc) is 2.65. The van der Waals surface area contributed by atoms with Crippen molar-refractivity contribution in [1.29, 1.82) is 0 Å². The van der Waals surface area contributed by atoms with E-state index in [0.717, 1.165) is 11.1 Å². The van der Waals surface area contributed by atoms with Gasteiger partial charge in [0.2, 0.25) is 0 Å². The average molecular weight is 360 g/mol. The van der Waals surface area contributed by atoms with Gasteiger partial charge in [0, 0.05) is 11.6 Å². The molecule has 0 radical (unpaired) electrons. The SMILES string of the molecule is C#CCNC(=O)OCc1ccccc1.O=C(Cl)OCc1ccccc1. The summed E-state index contributed by atoms with van der Waals surface area (Å²) in [7, 11) is 0. The summed E-state index contributed by atoms with van der Waals surface area (Å²) in [5, 5.41) is 2.41. The second-order valence-corrected chi connectivity index (χ2v) is 4.94. The van der Waals surface area contributed by atoms with Crippen LogP contribution in [0.25, 0.3) is 0 Å². The maximum atomic E-state index is 10.9. The van der Waals surface area contributed by atoms with E-state index in [0.29, 0.717) is 0 Å². The van der Waals surface area contributed by atoms with Crippen LogP contribution < -0.4 is 5.32 Å². The summed E-state index contributed by atoms with van der Waals surface area (Å²) in [5.74, 6) is 2.28. The Morgan fingerprint density at radius 2 is 1.40 bits per heavy atom. The molecular formula is C19H18ClNO4. The number of hydrogen-bond donors (Lipinski definition) is 1. The molecule has 0 unspecified atom stereocenters. The van der Waals surface area contributed by atoms with E-state index < -0.39 is 11.5 Å². The fourth-order valence-electron chi connectivity index (χ4n) is 1.61. The first-order valence-corrected chi connectivity index (χ1v) is 7.74. The number of nitrogens with one attached hydrogen (secondary N) is 1. The zero-order valence-electron chi connectivity index (χ0n) is 13.5. The van der Waals surface area contributed by atoms with Gasteiger partial charge in [-0.1, -0.05) is 66.6 Å². The standard InChI is InChI=1S/C11H11NO2.C8H7ClO2/c1-2-8-12-11(13)14-9-10-6-4-3-5-7-10;9-8(10)11-6-7-4-2-1-3-5-7/h1,3-7H,8-9H2,(H,12,13);1-5H,6H2. The van der Waals surface area contributed by atoms with Gasteiger partial charge in [-0.05, 0) is 11.1 Å². The summed E-state index contributed by atoms with van der Waals surface area (Å²) in [5.41, 5.74) is 1.11. The Morgan fingerprint density at radius 3 is 1.84 bits per heavy atom. The van der Waals surface area contributed by atoms with Gasteiger partial charge in [-0.2, -0.15) is 0 Å². The molecule has 0 heterocycles. The number of carbonyl (C=O) groups excluding carboxylic acids is 2. The van der Waals surface area contributed by atoms with Crippen LogP contribution in [0.5, 0.6) is 0 Å². The second-order valence-electron chi connectivity index (χ2n) is 4.63. The number of alkyl carbamates (subject to hydrolysis) is 1. The van der Waals surface area contributed by atoms with Gasteiger partial charge in [-0.25, -0.2) is 9.59 Å². The quantitative estimate of drug-likeness (QED) is 0.644. The van der Waals surface area contributed by atoms with Gasteiger partial charge in [0.05, 0.1) is 6.54 Å². The Balaban J connectivity index is 0.000000257. The third-order valence-corrected chi connectivity index (χ3v) is 2.85. The summed E-state index contributed by atoms with van der Waals surface area (Å²) in [6.07, 6.45) is 4.47. The lowest BCUT2D eigenvalue weighted by molar-refractivity contribution is 0.141. The van der Waals surface area contributed by atoms with E-state index in [2.05, 4.69) is 16.0 Å². The van der Waals surface area contributed by atoms with Crippen molar-refractivity contribution in [2.24, 2.45) is 0 Å². The minimum absolute atomic E-state index is 0.188. The molecule has 0 saturated heterocycles. The molecule has 0 aliphatic heterocycles. The molecule has 5 nitrogen and oxygen atoms in total. The Bertz CT molecular complexity index is 684. The summed E-state index contributed by atoms with van der Waals surface area (Å²) < 4.78 is 9.44. The normalized spacial score (nSPS) is 8.96. The number of hydrogen-bond acceptors (Lipinski definition) is 4. The maximum absolute atomic E-state index is 10.9. The van der Waals surface area contributed by atoms with E-state index in [9.17, 15) is 9.59 Å². The van der Waals surface area contributed by atoms with Gasteiger partial charge in [0.25, 0.3) is 0 Å². The van der Waals surface area contributed by atoms with Gasteiger partial charge in [0.15, 0.2) is 0 Å². The Kier molecular flexibility index (Phi) is 10.00. The molecule has 2 rings (SSSR count). The van der Waals surface area contributed by atoms with E-state index in [1.54, 1.807) is 0 Å². The molecule has 0 saturated carbocycles. The smallest absolute Gasteiger partial charge is 0.408 e. The molecule has 1 N–H and O–H groups in total. The topological polar surface area (TPSA) is 64.6 Å². The number of amides is 1. The minimum atomic E-state index is -0.770. The molecule has 0 atom stereocenters. The second kappa shape index (κ2) is 12.5. The van der Waals surface area contributed by atoms with E-state index in [1.165, 1.54) is 0 Å². The van der Waals surface area contributed by atoms with Gasteiger partial charge in [-0.3, -0.25) is 0 Å². The van der Waals surface area contributed by atoms with Crippen LogP contribution in [-0.2, 0) is 22.7 Å². The van der Waals surface area contributed by atoms with Crippen molar-refractivity contribution in [3.63, 3.8) is 0 Å². The summed E-state index contributed by atoms with van der Waals surface area (Å²) in [4.78, 5) is 21.1. The van der Waals surface area contributed by atoms with Crippen LogP contribution in [0.2, 0.25) is 0 Å². The molecule has 2 aromatic rings. The van der Waals surface area contributed by atoms with Gasteiger partial charge >= 0.3 is 11.5 Å². The molecule has 6 heteroatoms. The van der Waals surface area contributed by atoms with Crippen LogP contribution in [-0.4, -0.2) is 18.1 Å². The molecule has 0 aliphatic rings. The van der Waals surface area contributed by atoms with Crippen LogP contribution in [0.3, 0.4) is 0 Å². The summed E-state index contributed by atoms with van der Waals surface area (Å²) in [6, 6.07) is 18.8. The highest BCUT2D eigenvalue weighted by molar-refractivity contribution is 6.61. The molecule has 0 fully saturated rings. The van der Waals surface area contributed by atoms with Crippen molar-refractivity contribution in [2.75, 3.05) is 6.54 Å². The molecule has 0 spiro atoms. The van der Waals surface area contributed by atoms with Crippen molar-refractivity contribution >= 4 is 23.1 Å². The molecular weight excluding hydrogens is 342 g/mol. The number of ether oxygens (including phenoxy) is 2. The predicted molar refractivity (Wildman–Crippen MR) is 95.9 cm³/mol. The molecule has 0 aliphatic carbocycles. The fraction of sp³-hybridized carbons (Fsp3) is 0.158. The van der Waals surface area contributed by atoms with Crippen molar-refractivity contribution in [3.8, 4) is 12.3 Å². The third-order valence-electron chi connectivity index (χ3n) is 2.74. The number of rotatable bonds is 5. The molecule has 25 heavy (non-hydrogen) atoms. The molecule has 2 aromatic carbocycles. The lowest BCUT2D eigenvalue weighted by Crippen LogP contribution is -2.24. The summed E-state index contributed by atoms with van der Waals surface area (Å²) in [6.45, 7) is 0.689. The first kappa shape index (κ1) is 20.1. The molecule has 0 aromatic heterocycles. The number of terminal acetylenes is 1. The largest absolute Gasteiger partial charge is 0.449 e. The monoisotopic (exact) mass is 359 g/mol. The Morgan fingerprint density at radius 1 is 0.920 bits per heavy atom. The summed E-state index contributed by atoms with van der Waals surface area (Å²) >= 11 is 4.97. The molecule has 1 amide bonds. The highest BCUT2D eigenvalue weighted by Crippen LogP contribution is 2.02. The minimum Gasteiger partial charge on any atom is -0.449 e. The predicted octanol–water partition coefficient (Wildman–Crippen LogP) is 4.11. The highest BCUT2D eigenvalue weighted by atomic mass is 35.5. The van der Waals surface area contributed by atoms with E-state index in [-0.39, 0.29) is 19.8 Å². The van der Waals surface area contributed by atoms with Crippen LogP contribution >= 0.6 is 11.6 Å². The lowest BCUT2D eigenvalue weighted by Gasteiger charge is -2.04. The van der Waals surface area contributed by atoms with Crippen LogP contribution in [0.4, 0.5) is 9.59 Å². The Hall–Kier alpha value is -2.97. The van der Waals surface area contributed by atoms with Crippen molar-refractivity contribution in [3.05, 3.63) is 71.8 Å². The first-order valence-electron chi connectivity index (χ1n) is 7.36. The van der Waals surface area contributed by atoms with E-state index in [4.69, 9.17) is 22.8 Å². The van der Waals surface area contributed by atoms with Gasteiger partial charge < -0.3 is 14.8 Å². The highest BCUT2D eigenvalue weighted by Gasteiger charge is 1.99. The zero-order valence-corrected chi connectivity index (χ0v) is 14.2. The van der Waals surface area contributed by atoms with Crippen molar-refractivity contribution in [1.82, 2.24) is 5.32 Å². The lowest BCUT2D eigenvalue weighted by atomic mass is 10.2. The number of benzene rings is 2. The van der Waals surface area contributed by atoms with Crippen LogP contribution in [0, 0.1) is 12.3 Å². The van der Waals surface area contributed by atoms with Crippen molar-refractivity contribution in [2.45, 2.75) is 13.2 Å². The van der Waals surface area contributed by atoms with Crippen LogP contribution in [0.1, 0.15) is 11.1 Å². The van der Waals surface area contributed by atoms with Crippen molar-refractivity contribution < 1.29 is 19.1 Å².